The van der Waals surface area contributed by atoms with Gasteiger partial charge in [0, 0.05) is 0 Å². The molecule has 1 rings (SSSR count). The van der Waals surface area contributed by atoms with Crippen LogP contribution in [0.4, 0.5) is 0 Å². The number of unbranched alkanes of at least 4 members (excludes halogenated alkanes) is 1. The number of rotatable bonds is 3. The van der Waals surface area contributed by atoms with Crippen molar-refractivity contribution in [1.82, 2.24) is 0 Å². The average molecular weight is 204 g/mol. The second-order valence-corrected chi connectivity index (χ2v) is 5.49. The highest BCUT2D eigenvalue weighted by atomic mass is 14.2. The van der Waals surface area contributed by atoms with E-state index in [1.807, 2.05) is 0 Å². The lowest BCUT2D eigenvalue weighted by atomic mass is 9.84. The summed E-state index contributed by atoms with van der Waals surface area (Å²) >= 11 is 0. The van der Waals surface area contributed by atoms with Crippen LogP contribution in [0.25, 0.3) is 0 Å². The van der Waals surface area contributed by atoms with E-state index in [1.54, 1.807) is 0 Å². The standard InChI is InChI=1S/C15H24/c1-6-7-8-13-11-14(15(3,4)5)10-9-12(13)2/h9-11H,6-8H2,1-5H3. The minimum atomic E-state index is 0.272. The third kappa shape index (κ3) is 3.37. The summed E-state index contributed by atoms with van der Waals surface area (Å²) in [6, 6.07) is 6.93. The fourth-order valence-electron chi connectivity index (χ4n) is 1.77. The summed E-state index contributed by atoms with van der Waals surface area (Å²) in [5, 5.41) is 0. The van der Waals surface area contributed by atoms with E-state index in [0.717, 1.165) is 0 Å². The molecular weight excluding hydrogens is 180 g/mol. The molecule has 0 aromatic heterocycles. The van der Waals surface area contributed by atoms with Crippen LogP contribution in [0.1, 0.15) is 57.2 Å². The molecule has 0 heteroatoms. The van der Waals surface area contributed by atoms with Crippen LogP contribution < -0.4 is 0 Å². The summed E-state index contributed by atoms with van der Waals surface area (Å²) in [5.74, 6) is 0. The third-order valence-corrected chi connectivity index (χ3v) is 3.01. The Kier molecular flexibility index (Phi) is 3.96. The third-order valence-electron chi connectivity index (χ3n) is 3.01. The molecule has 0 spiro atoms. The van der Waals surface area contributed by atoms with E-state index >= 15 is 0 Å². The molecule has 1 aromatic carbocycles. The fraction of sp³-hybridized carbons (Fsp3) is 0.600. The van der Waals surface area contributed by atoms with Crippen molar-refractivity contribution in [2.45, 2.75) is 59.3 Å². The highest BCUT2D eigenvalue weighted by Crippen LogP contribution is 2.25. The number of aryl methyl sites for hydroxylation is 2. The van der Waals surface area contributed by atoms with Crippen LogP contribution in [0.15, 0.2) is 18.2 Å². The zero-order chi connectivity index (χ0) is 11.5. The Bertz CT molecular complexity index is 315. The maximum absolute atomic E-state index is 2.39. The molecule has 0 radical (unpaired) electrons. The van der Waals surface area contributed by atoms with E-state index in [2.05, 4.69) is 52.8 Å². The van der Waals surface area contributed by atoms with Gasteiger partial charge < -0.3 is 0 Å². The van der Waals surface area contributed by atoms with Crippen molar-refractivity contribution in [3.63, 3.8) is 0 Å². The molecule has 0 aliphatic rings. The van der Waals surface area contributed by atoms with E-state index in [1.165, 1.54) is 36.0 Å². The van der Waals surface area contributed by atoms with Gasteiger partial charge in [0.2, 0.25) is 0 Å². The van der Waals surface area contributed by atoms with Crippen LogP contribution in [0, 0.1) is 6.92 Å². The molecule has 0 nitrogen and oxygen atoms in total. The first-order chi connectivity index (χ1) is 6.95. The first-order valence-electron chi connectivity index (χ1n) is 6.05. The Morgan fingerprint density at radius 2 is 1.80 bits per heavy atom. The fourth-order valence-corrected chi connectivity index (χ4v) is 1.77. The lowest BCUT2D eigenvalue weighted by Gasteiger charge is -2.20. The van der Waals surface area contributed by atoms with Crippen molar-refractivity contribution in [2.75, 3.05) is 0 Å². The zero-order valence-corrected chi connectivity index (χ0v) is 10.9. The van der Waals surface area contributed by atoms with Crippen molar-refractivity contribution >= 4 is 0 Å². The van der Waals surface area contributed by atoms with Crippen LogP contribution >= 0.6 is 0 Å². The largest absolute Gasteiger partial charge is 0.0654 e. The Labute approximate surface area is 94.7 Å². The van der Waals surface area contributed by atoms with Crippen LogP contribution in [0.5, 0.6) is 0 Å². The summed E-state index contributed by atoms with van der Waals surface area (Å²) in [6.45, 7) is 11.3. The van der Waals surface area contributed by atoms with Crippen molar-refractivity contribution < 1.29 is 0 Å². The van der Waals surface area contributed by atoms with Gasteiger partial charge in [-0.05, 0) is 41.9 Å². The molecule has 0 aliphatic carbocycles. The van der Waals surface area contributed by atoms with Gasteiger partial charge in [-0.25, -0.2) is 0 Å². The molecule has 0 amide bonds. The predicted molar refractivity (Wildman–Crippen MR) is 68.5 cm³/mol. The molecule has 0 bridgehead atoms. The first-order valence-corrected chi connectivity index (χ1v) is 6.05. The van der Waals surface area contributed by atoms with E-state index in [4.69, 9.17) is 0 Å². The smallest absolute Gasteiger partial charge is 0.0132 e. The Balaban J connectivity index is 2.95. The van der Waals surface area contributed by atoms with Crippen molar-refractivity contribution in [2.24, 2.45) is 0 Å². The quantitative estimate of drug-likeness (QED) is 0.673. The summed E-state index contributed by atoms with van der Waals surface area (Å²) in [6.07, 6.45) is 3.81. The maximum atomic E-state index is 2.39. The van der Waals surface area contributed by atoms with Crippen LogP contribution in [0.3, 0.4) is 0 Å². The van der Waals surface area contributed by atoms with Crippen LogP contribution in [0.2, 0.25) is 0 Å². The molecule has 84 valence electrons. The van der Waals surface area contributed by atoms with Crippen molar-refractivity contribution in [3.8, 4) is 0 Å². The van der Waals surface area contributed by atoms with E-state index in [-0.39, 0.29) is 5.41 Å². The van der Waals surface area contributed by atoms with Gasteiger partial charge in [-0.3, -0.25) is 0 Å². The molecule has 0 fully saturated rings. The maximum Gasteiger partial charge on any atom is -0.0132 e. The van der Waals surface area contributed by atoms with E-state index in [0.29, 0.717) is 0 Å². The second kappa shape index (κ2) is 4.83. The summed E-state index contributed by atoms with van der Waals surface area (Å²) in [5.41, 5.74) is 4.70. The Hall–Kier alpha value is -0.780. The Morgan fingerprint density at radius 3 is 2.33 bits per heavy atom. The molecule has 0 heterocycles. The highest BCUT2D eigenvalue weighted by molar-refractivity contribution is 5.34. The summed E-state index contributed by atoms with van der Waals surface area (Å²) in [4.78, 5) is 0. The summed E-state index contributed by atoms with van der Waals surface area (Å²) < 4.78 is 0. The van der Waals surface area contributed by atoms with Gasteiger partial charge in [0.15, 0.2) is 0 Å². The second-order valence-electron chi connectivity index (χ2n) is 5.49. The molecule has 0 aliphatic heterocycles. The van der Waals surface area contributed by atoms with Crippen molar-refractivity contribution in [3.05, 3.63) is 34.9 Å². The van der Waals surface area contributed by atoms with Gasteiger partial charge in [-0.1, -0.05) is 52.3 Å². The van der Waals surface area contributed by atoms with Gasteiger partial charge >= 0.3 is 0 Å². The average Bonchev–Trinajstić information content (AvgIpc) is 2.15. The molecule has 0 atom stereocenters. The number of hydrogen-bond acceptors (Lipinski definition) is 0. The Morgan fingerprint density at radius 1 is 1.13 bits per heavy atom. The SMILES string of the molecule is CCCCc1cc(C(C)(C)C)ccc1C. The van der Waals surface area contributed by atoms with Gasteiger partial charge in [0.1, 0.15) is 0 Å². The van der Waals surface area contributed by atoms with Crippen molar-refractivity contribution in [1.29, 1.82) is 0 Å². The first kappa shape index (κ1) is 12.3. The molecule has 15 heavy (non-hydrogen) atoms. The summed E-state index contributed by atoms with van der Waals surface area (Å²) in [7, 11) is 0. The monoisotopic (exact) mass is 204 g/mol. The lowest BCUT2D eigenvalue weighted by molar-refractivity contribution is 0.588. The highest BCUT2D eigenvalue weighted by Gasteiger charge is 2.14. The molecular formula is C15H24. The number of benzene rings is 1. The van der Waals surface area contributed by atoms with Gasteiger partial charge in [-0.2, -0.15) is 0 Å². The van der Waals surface area contributed by atoms with Gasteiger partial charge in [0.25, 0.3) is 0 Å². The minimum Gasteiger partial charge on any atom is -0.0654 e. The lowest BCUT2D eigenvalue weighted by Crippen LogP contribution is -2.11. The molecule has 0 saturated heterocycles. The van der Waals surface area contributed by atoms with Crippen LogP contribution in [-0.2, 0) is 11.8 Å². The molecule has 1 aromatic rings. The normalized spacial score (nSPS) is 11.8. The zero-order valence-electron chi connectivity index (χ0n) is 10.9. The predicted octanol–water partition coefficient (Wildman–Crippen LogP) is 4.64. The van der Waals surface area contributed by atoms with E-state index in [9.17, 15) is 0 Å². The molecule has 0 unspecified atom stereocenters. The number of hydrogen-bond donors (Lipinski definition) is 0. The topological polar surface area (TPSA) is 0 Å². The minimum absolute atomic E-state index is 0.272. The van der Waals surface area contributed by atoms with E-state index < -0.39 is 0 Å². The molecule has 0 N–H and O–H groups in total. The van der Waals surface area contributed by atoms with Gasteiger partial charge in [-0.15, -0.1) is 0 Å². The van der Waals surface area contributed by atoms with Crippen LogP contribution in [-0.4, -0.2) is 0 Å². The molecule has 0 saturated carbocycles. The van der Waals surface area contributed by atoms with Gasteiger partial charge in [0.05, 0.1) is 0 Å².